The molecule has 1 N–H and O–H groups in total. The Labute approximate surface area is 133 Å². The van der Waals surface area contributed by atoms with E-state index >= 15 is 0 Å². The van der Waals surface area contributed by atoms with Crippen LogP contribution in [-0.4, -0.2) is 9.55 Å². The van der Waals surface area contributed by atoms with Crippen molar-refractivity contribution >= 4 is 58.1 Å². The molecule has 0 bridgehead atoms. The predicted molar refractivity (Wildman–Crippen MR) is 83.4 cm³/mol. The summed E-state index contributed by atoms with van der Waals surface area (Å²) >= 11 is 22.9. The predicted octanol–water partition coefficient (Wildman–Crippen LogP) is 5.79. The fourth-order valence-electron chi connectivity index (χ4n) is 1.98. The summed E-state index contributed by atoms with van der Waals surface area (Å²) in [6, 6.07) is 7.82. The van der Waals surface area contributed by atoms with Crippen LogP contribution in [0.15, 0.2) is 30.3 Å². The van der Waals surface area contributed by atoms with Crippen molar-refractivity contribution in [2.75, 3.05) is 0 Å². The van der Waals surface area contributed by atoms with Gasteiger partial charge in [0.2, 0.25) is 0 Å². The third-order valence-corrected chi connectivity index (χ3v) is 4.20. The minimum Gasteiger partial charge on any atom is -0.330 e. The van der Waals surface area contributed by atoms with Crippen molar-refractivity contribution in [1.29, 1.82) is 0 Å². The second-order valence-electron chi connectivity index (χ2n) is 4.15. The quantitative estimate of drug-likeness (QED) is 0.553. The van der Waals surface area contributed by atoms with Crippen molar-refractivity contribution in [2.45, 2.75) is 0 Å². The molecule has 1 heterocycles. The highest BCUT2D eigenvalue weighted by Gasteiger charge is 2.11. The van der Waals surface area contributed by atoms with E-state index < -0.39 is 5.82 Å². The van der Waals surface area contributed by atoms with Crippen LogP contribution in [-0.2, 0) is 0 Å². The Balaban J connectivity index is 2.35. The molecule has 1 aromatic heterocycles. The number of halogens is 4. The molecule has 2 aromatic carbocycles. The summed E-state index contributed by atoms with van der Waals surface area (Å²) in [7, 11) is 0. The molecule has 0 amide bonds. The normalized spacial score (nSPS) is 11.2. The topological polar surface area (TPSA) is 20.7 Å². The van der Waals surface area contributed by atoms with E-state index in [2.05, 4.69) is 4.98 Å². The van der Waals surface area contributed by atoms with Crippen molar-refractivity contribution in [3.05, 3.63) is 56.0 Å². The molecule has 20 heavy (non-hydrogen) atoms. The van der Waals surface area contributed by atoms with Gasteiger partial charge in [-0.2, -0.15) is 0 Å². The first-order chi connectivity index (χ1) is 9.47. The molecule has 102 valence electrons. The largest absolute Gasteiger partial charge is 0.330 e. The van der Waals surface area contributed by atoms with Crippen LogP contribution in [0.2, 0.25) is 15.1 Å². The molecular weight excluding hydrogens is 342 g/mol. The maximum Gasteiger partial charge on any atom is 0.182 e. The average Bonchev–Trinajstić information content (AvgIpc) is 2.69. The lowest BCUT2D eigenvalue weighted by atomic mass is 10.2. The maximum atomic E-state index is 13.6. The van der Waals surface area contributed by atoms with E-state index in [-0.39, 0.29) is 5.02 Å². The summed E-state index contributed by atoms with van der Waals surface area (Å²) < 4.78 is 15.7. The Morgan fingerprint density at radius 3 is 2.40 bits per heavy atom. The Bertz CT molecular complexity index is 885. The van der Waals surface area contributed by atoms with Gasteiger partial charge in [-0.3, -0.25) is 4.57 Å². The minimum absolute atomic E-state index is 0.0567. The highest BCUT2D eigenvalue weighted by molar-refractivity contribution is 7.71. The van der Waals surface area contributed by atoms with Gasteiger partial charge in [-0.25, -0.2) is 4.39 Å². The second-order valence-corrected chi connectivity index (χ2v) is 5.76. The van der Waals surface area contributed by atoms with E-state index in [0.29, 0.717) is 26.0 Å². The second kappa shape index (κ2) is 5.04. The molecular formula is C13H6Cl3FN2S. The van der Waals surface area contributed by atoms with Crippen LogP contribution in [0, 0.1) is 10.6 Å². The van der Waals surface area contributed by atoms with Gasteiger partial charge in [0.15, 0.2) is 4.77 Å². The van der Waals surface area contributed by atoms with E-state index in [1.165, 1.54) is 12.1 Å². The van der Waals surface area contributed by atoms with E-state index in [4.69, 9.17) is 47.0 Å². The number of imidazole rings is 1. The van der Waals surface area contributed by atoms with Gasteiger partial charge in [0, 0.05) is 0 Å². The standard InChI is InChI=1S/C13H6Cl3FN2S/c14-7-2-1-6(3-10(7)17)19-12-5-9(16)8(15)4-11(12)18-13(19)20/h1-5H,(H,18,20). The molecule has 0 saturated heterocycles. The molecule has 0 spiro atoms. The molecule has 0 unspecified atom stereocenters. The van der Waals surface area contributed by atoms with E-state index in [9.17, 15) is 4.39 Å². The molecule has 0 aliphatic heterocycles. The third-order valence-electron chi connectivity index (χ3n) is 2.89. The molecule has 0 saturated carbocycles. The van der Waals surface area contributed by atoms with E-state index in [1.54, 1.807) is 22.8 Å². The molecule has 0 fully saturated rings. The van der Waals surface area contributed by atoms with Crippen LogP contribution in [0.1, 0.15) is 0 Å². The summed E-state index contributed by atoms with van der Waals surface area (Å²) in [4.78, 5) is 3.01. The number of hydrogen-bond donors (Lipinski definition) is 1. The van der Waals surface area contributed by atoms with E-state index in [1.807, 2.05) is 0 Å². The molecule has 0 aliphatic rings. The van der Waals surface area contributed by atoms with E-state index in [0.717, 1.165) is 5.52 Å². The van der Waals surface area contributed by atoms with Gasteiger partial charge >= 0.3 is 0 Å². The highest BCUT2D eigenvalue weighted by Crippen LogP contribution is 2.30. The number of rotatable bonds is 1. The first-order valence-electron chi connectivity index (χ1n) is 5.52. The monoisotopic (exact) mass is 346 g/mol. The number of nitrogens with zero attached hydrogens (tertiary/aromatic N) is 1. The maximum absolute atomic E-state index is 13.6. The number of aromatic amines is 1. The van der Waals surface area contributed by atoms with Crippen molar-refractivity contribution in [2.24, 2.45) is 0 Å². The average molecular weight is 348 g/mol. The van der Waals surface area contributed by atoms with Crippen molar-refractivity contribution in [1.82, 2.24) is 9.55 Å². The zero-order valence-electron chi connectivity index (χ0n) is 9.75. The Hall–Kier alpha value is -1.07. The SMILES string of the molecule is Fc1cc(-n2c(=S)[nH]c3cc(Cl)c(Cl)cc32)ccc1Cl. The first kappa shape index (κ1) is 13.9. The van der Waals surface area contributed by atoms with Crippen LogP contribution < -0.4 is 0 Å². The first-order valence-corrected chi connectivity index (χ1v) is 7.07. The van der Waals surface area contributed by atoms with Gasteiger partial charge in [0.25, 0.3) is 0 Å². The van der Waals surface area contributed by atoms with Crippen LogP contribution in [0.3, 0.4) is 0 Å². The fourth-order valence-corrected chi connectivity index (χ4v) is 2.74. The van der Waals surface area contributed by atoms with Gasteiger partial charge in [-0.1, -0.05) is 34.8 Å². The minimum atomic E-state index is -0.513. The van der Waals surface area contributed by atoms with Crippen molar-refractivity contribution in [3.63, 3.8) is 0 Å². The third kappa shape index (κ3) is 2.23. The molecule has 0 atom stereocenters. The van der Waals surface area contributed by atoms with Crippen LogP contribution in [0.25, 0.3) is 16.7 Å². The summed E-state index contributed by atoms with van der Waals surface area (Å²) in [5.41, 5.74) is 1.99. The number of benzene rings is 2. The summed E-state index contributed by atoms with van der Waals surface area (Å²) in [6.07, 6.45) is 0. The Kier molecular flexibility index (Phi) is 3.50. The van der Waals surface area contributed by atoms with Gasteiger partial charge in [0.05, 0.1) is 31.8 Å². The Morgan fingerprint density at radius 2 is 1.70 bits per heavy atom. The molecule has 0 aliphatic carbocycles. The fraction of sp³-hybridized carbons (Fsp3) is 0. The van der Waals surface area contributed by atoms with Crippen LogP contribution >= 0.6 is 47.0 Å². The molecule has 0 radical (unpaired) electrons. The number of nitrogens with one attached hydrogen (secondary N) is 1. The van der Waals surface area contributed by atoms with Crippen LogP contribution in [0.4, 0.5) is 4.39 Å². The highest BCUT2D eigenvalue weighted by atomic mass is 35.5. The smallest absolute Gasteiger partial charge is 0.182 e. The number of fused-ring (bicyclic) bond motifs is 1. The van der Waals surface area contributed by atoms with Gasteiger partial charge in [-0.15, -0.1) is 0 Å². The lowest BCUT2D eigenvalue weighted by molar-refractivity contribution is 0.627. The van der Waals surface area contributed by atoms with Gasteiger partial charge < -0.3 is 4.98 Å². The Morgan fingerprint density at radius 1 is 1.00 bits per heavy atom. The zero-order chi connectivity index (χ0) is 14.4. The number of aromatic nitrogens is 2. The number of H-pyrrole nitrogens is 1. The molecule has 2 nitrogen and oxygen atoms in total. The van der Waals surface area contributed by atoms with Crippen molar-refractivity contribution < 1.29 is 4.39 Å². The molecule has 3 rings (SSSR count). The van der Waals surface area contributed by atoms with Crippen molar-refractivity contribution in [3.8, 4) is 5.69 Å². The zero-order valence-corrected chi connectivity index (χ0v) is 12.8. The summed E-state index contributed by atoms with van der Waals surface area (Å²) in [6.45, 7) is 0. The number of hydrogen-bond acceptors (Lipinski definition) is 1. The summed E-state index contributed by atoms with van der Waals surface area (Å²) in [5.74, 6) is -0.513. The van der Waals surface area contributed by atoms with Gasteiger partial charge in [-0.05, 0) is 42.5 Å². The molecule has 3 aromatic rings. The molecule has 7 heteroatoms. The lowest BCUT2D eigenvalue weighted by Gasteiger charge is -2.06. The lowest BCUT2D eigenvalue weighted by Crippen LogP contribution is -1.95. The van der Waals surface area contributed by atoms with Gasteiger partial charge in [0.1, 0.15) is 5.82 Å². The summed E-state index contributed by atoms with van der Waals surface area (Å²) in [5, 5.41) is 0.877. The van der Waals surface area contributed by atoms with Crippen LogP contribution in [0.5, 0.6) is 0 Å².